The fourth-order valence-electron chi connectivity index (χ4n) is 2.33. The summed E-state index contributed by atoms with van der Waals surface area (Å²) in [5.41, 5.74) is 7.52. The van der Waals surface area contributed by atoms with Crippen LogP contribution in [0, 0.1) is 0 Å². The van der Waals surface area contributed by atoms with Crippen LogP contribution in [0.15, 0.2) is 28.7 Å². The van der Waals surface area contributed by atoms with Crippen molar-refractivity contribution < 1.29 is 9.15 Å². The number of nitrogens with zero attached hydrogens (tertiary/aromatic N) is 1. The zero-order chi connectivity index (χ0) is 11.7. The molecule has 0 radical (unpaired) electrons. The minimum absolute atomic E-state index is 0.145. The van der Waals surface area contributed by atoms with Gasteiger partial charge in [-0.15, -0.1) is 0 Å². The molecule has 0 aliphatic heterocycles. The zero-order valence-electron chi connectivity index (χ0n) is 9.63. The zero-order valence-corrected chi connectivity index (χ0v) is 9.63. The summed E-state index contributed by atoms with van der Waals surface area (Å²) in [6, 6.07) is 7.91. The van der Waals surface area contributed by atoms with Crippen molar-refractivity contribution in [1.82, 2.24) is 4.98 Å². The Balaban J connectivity index is 1.75. The van der Waals surface area contributed by atoms with Gasteiger partial charge in [-0.05, 0) is 37.8 Å². The highest BCUT2D eigenvalue weighted by molar-refractivity contribution is 5.72. The molecule has 1 heterocycles. The third-order valence-corrected chi connectivity index (χ3v) is 3.21. The van der Waals surface area contributed by atoms with Crippen LogP contribution < -0.4 is 10.5 Å². The highest BCUT2D eigenvalue weighted by atomic mass is 16.6. The summed E-state index contributed by atoms with van der Waals surface area (Å²) in [6.45, 7) is 0. The summed E-state index contributed by atoms with van der Waals surface area (Å²) < 4.78 is 11.3. The summed E-state index contributed by atoms with van der Waals surface area (Å²) in [5, 5.41) is 0. The first-order valence-corrected chi connectivity index (χ1v) is 6.09. The van der Waals surface area contributed by atoms with Crippen LogP contribution in [-0.4, -0.2) is 17.1 Å². The molecular formula is C13H16N2O2. The number of aromatic nitrogens is 1. The summed E-state index contributed by atoms with van der Waals surface area (Å²) in [7, 11) is 0. The minimum atomic E-state index is 0.145. The fraction of sp³-hybridized carbons (Fsp3) is 0.462. The van der Waals surface area contributed by atoms with Gasteiger partial charge in [-0.2, -0.15) is 4.98 Å². The second kappa shape index (κ2) is 4.37. The lowest BCUT2D eigenvalue weighted by molar-refractivity contribution is 0.108. The largest absolute Gasteiger partial charge is 0.447 e. The number of ether oxygens (including phenoxy) is 1. The van der Waals surface area contributed by atoms with Gasteiger partial charge in [-0.1, -0.05) is 12.1 Å². The number of oxazole rings is 1. The van der Waals surface area contributed by atoms with E-state index in [0.717, 1.165) is 36.8 Å². The number of hydrogen-bond acceptors (Lipinski definition) is 4. The van der Waals surface area contributed by atoms with E-state index in [1.54, 1.807) is 0 Å². The van der Waals surface area contributed by atoms with Gasteiger partial charge in [0.1, 0.15) is 11.6 Å². The first-order valence-electron chi connectivity index (χ1n) is 6.09. The van der Waals surface area contributed by atoms with Crippen LogP contribution >= 0.6 is 0 Å². The smallest absolute Gasteiger partial charge is 0.394 e. The lowest BCUT2D eigenvalue weighted by Crippen LogP contribution is -2.33. The molecule has 0 amide bonds. The summed E-state index contributed by atoms with van der Waals surface area (Å²) in [5.74, 6) is 0. The Morgan fingerprint density at radius 3 is 3.00 bits per heavy atom. The molecule has 2 N–H and O–H groups in total. The molecule has 2 aromatic rings. The standard InChI is InChI=1S/C13H16N2O2/c14-9-4-3-5-10(8-9)16-13-15-11-6-1-2-7-12(11)17-13/h1-2,6-7,9-10H,3-5,8,14H2. The Morgan fingerprint density at radius 2 is 2.18 bits per heavy atom. The van der Waals surface area contributed by atoms with Crippen LogP contribution in [0.5, 0.6) is 6.08 Å². The van der Waals surface area contributed by atoms with Crippen LogP contribution in [-0.2, 0) is 0 Å². The number of fused-ring (bicyclic) bond motifs is 1. The molecule has 1 aliphatic rings. The van der Waals surface area contributed by atoms with E-state index in [1.807, 2.05) is 24.3 Å². The topological polar surface area (TPSA) is 61.3 Å². The predicted molar refractivity (Wildman–Crippen MR) is 64.9 cm³/mol. The number of rotatable bonds is 2. The number of nitrogens with two attached hydrogens (primary N) is 1. The maximum Gasteiger partial charge on any atom is 0.394 e. The molecular weight excluding hydrogens is 216 g/mol. The van der Waals surface area contributed by atoms with Crippen molar-refractivity contribution in [1.29, 1.82) is 0 Å². The number of benzene rings is 1. The Hall–Kier alpha value is -1.55. The van der Waals surface area contributed by atoms with Crippen molar-refractivity contribution in [3.63, 3.8) is 0 Å². The van der Waals surface area contributed by atoms with Gasteiger partial charge in [0.15, 0.2) is 5.58 Å². The van der Waals surface area contributed by atoms with Crippen molar-refractivity contribution in [2.24, 2.45) is 5.73 Å². The van der Waals surface area contributed by atoms with Crippen molar-refractivity contribution in [2.45, 2.75) is 37.8 Å². The van der Waals surface area contributed by atoms with Gasteiger partial charge in [-0.3, -0.25) is 0 Å². The lowest BCUT2D eigenvalue weighted by atomic mass is 9.94. The Kier molecular flexibility index (Phi) is 2.73. The molecule has 2 unspecified atom stereocenters. The van der Waals surface area contributed by atoms with Gasteiger partial charge in [-0.25, -0.2) is 0 Å². The Morgan fingerprint density at radius 1 is 1.29 bits per heavy atom. The van der Waals surface area contributed by atoms with E-state index in [4.69, 9.17) is 14.9 Å². The van der Waals surface area contributed by atoms with Crippen LogP contribution in [0.1, 0.15) is 25.7 Å². The lowest BCUT2D eigenvalue weighted by Gasteiger charge is -2.25. The molecule has 0 bridgehead atoms. The highest BCUT2D eigenvalue weighted by Gasteiger charge is 2.22. The van der Waals surface area contributed by atoms with Gasteiger partial charge < -0.3 is 14.9 Å². The Labute approximate surface area is 99.8 Å². The summed E-state index contributed by atoms with van der Waals surface area (Å²) in [4.78, 5) is 4.30. The molecule has 3 rings (SSSR count). The molecule has 17 heavy (non-hydrogen) atoms. The van der Waals surface area contributed by atoms with Crippen LogP contribution in [0.4, 0.5) is 0 Å². The average molecular weight is 232 g/mol. The predicted octanol–water partition coefficient (Wildman–Crippen LogP) is 2.48. The van der Waals surface area contributed by atoms with Gasteiger partial charge >= 0.3 is 6.08 Å². The van der Waals surface area contributed by atoms with E-state index in [0.29, 0.717) is 6.08 Å². The SMILES string of the molecule is NC1CCCC(Oc2nc3ccccc3o2)C1. The molecule has 90 valence electrons. The normalized spacial score (nSPS) is 25.0. The highest BCUT2D eigenvalue weighted by Crippen LogP contribution is 2.25. The van der Waals surface area contributed by atoms with E-state index in [1.165, 1.54) is 0 Å². The Bertz CT molecular complexity index is 476. The molecule has 1 fully saturated rings. The maximum atomic E-state index is 5.92. The molecule has 4 nitrogen and oxygen atoms in total. The summed E-state index contributed by atoms with van der Waals surface area (Å²) in [6.07, 6.45) is 4.64. The molecule has 2 atom stereocenters. The van der Waals surface area contributed by atoms with Crippen molar-refractivity contribution >= 4 is 11.1 Å². The quantitative estimate of drug-likeness (QED) is 0.864. The molecule has 0 spiro atoms. The average Bonchev–Trinajstić information content (AvgIpc) is 2.71. The van der Waals surface area contributed by atoms with Gasteiger partial charge in [0.05, 0.1) is 0 Å². The molecule has 1 aliphatic carbocycles. The van der Waals surface area contributed by atoms with Crippen molar-refractivity contribution in [2.75, 3.05) is 0 Å². The second-order valence-corrected chi connectivity index (χ2v) is 4.61. The number of hydrogen-bond donors (Lipinski definition) is 1. The van der Waals surface area contributed by atoms with Gasteiger partial charge in [0.2, 0.25) is 0 Å². The first-order chi connectivity index (χ1) is 8.31. The van der Waals surface area contributed by atoms with Crippen LogP contribution in [0.25, 0.3) is 11.1 Å². The minimum Gasteiger partial charge on any atom is -0.447 e. The van der Waals surface area contributed by atoms with Crippen molar-refractivity contribution in [3.8, 4) is 6.08 Å². The first kappa shape index (κ1) is 10.6. The molecule has 0 saturated heterocycles. The second-order valence-electron chi connectivity index (χ2n) is 4.61. The van der Waals surface area contributed by atoms with E-state index in [-0.39, 0.29) is 12.1 Å². The van der Waals surface area contributed by atoms with Crippen LogP contribution in [0.3, 0.4) is 0 Å². The fourth-order valence-corrected chi connectivity index (χ4v) is 2.33. The third-order valence-electron chi connectivity index (χ3n) is 3.21. The van der Waals surface area contributed by atoms with E-state index < -0.39 is 0 Å². The summed E-state index contributed by atoms with van der Waals surface area (Å²) >= 11 is 0. The van der Waals surface area contributed by atoms with Gasteiger partial charge in [0, 0.05) is 6.04 Å². The molecule has 1 aromatic heterocycles. The van der Waals surface area contributed by atoms with E-state index >= 15 is 0 Å². The molecule has 4 heteroatoms. The van der Waals surface area contributed by atoms with Crippen molar-refractivity contribution in [3.05, 3.63) is 24.3 Å². The van der Waals surface area contributed by atoms with Crippen LogP contribution in [0.2, 0.25) is 0 Å². The van der Waals surface area contributed by atoms with E-state index in [2.05, 4.69) is 4.98 Å². The number of para-hydroxylation sites is 2. The van der Waals surface area contributed by atoms with Gasteiger partial charge in [0.25, 0.3) is 0 Å². The third kappa shape index (κ3) is 2.26. The monoisotopic (exact) mass is 232 g/mol. The van der Waals surface area contributed by atoms with E-state index in [9.17, 15) is 0 Å². The molecule has 1 aromatic carbocycles. The maximum absolute atomic E-state index is 5.92. The molecule has 1 saturated carbocycles.